The summed E-state index contributed by atoms with van der Waals surface area (Å²) in [5.74, 6) is 0.659. The van der Waals surface area contributed by atoms with E-state index in [9.17, 15) is 0 Å². The predicted molar refractivity (Wildman–Crippen MR) is 58.2 cm³/mol. The van der Waals surface area contributed by atoms with Gasteiger partial charge in [0.25, 0.3) is 0 Å². The van der Waals surface area contributed by atoms with Crippen LogP contribution in [0.5, 0.6) is 0 Å². The SMILES string of the molecule is OCC1=CCC(c2ccccc2)CC1. The average molecular weight is 188 g/mol. The molecule has 1 heteroatoms. The van der Waals surface area contributed by atoms with E-state index in [0.29, 0.717) is 5.92 Å². The fourth-order valence-corrected chi connectivity index (χ4v) is 2.06. The Morgan fingerprint density at radius 1 is 1.21 bits per heavy atom. The highest BCUT2D eigenvalue weighted by Gasteiger charge is 2.14. The molecule has 0 aromatic heterocycles. The summed E-state index contributed by atoms with van der Waals surface area (Å²) in [4.78, 5) is 0. The summed E-state index contributed by atoms with van der Waals surface area (Å²) < 4.78 is 0. The summed E-state index contributed by atoms with van der Waals surface area (Å²) in [7, 11) is 0. The molecule has 0 bridgehead atoms. The van der Waals surface area contributed by atoms with E-state index < -0.39 is 0 Å². The van der Waals surface area contributed by atoms with Crippen molar-refractivity contribution in [3.8, 4) is 0 Å². The normalized spacial score (nSPS) is 21.8. The van der Waals surface area contributed by atoms with Crippen LogP contribution in [0.15, 0.2) is 42.0 Å². The molecular weight excluding hydrogens is 172 g/mol. The Kier molecular flexibility index (Phi) is 3.00. The highest BCUT2D eigenvalue weighted by molar-refractivity contribution is 5.23. The first-order valence-corrected chi connectivity index (χ1v) is 5.24. The molecule has 2 rings (SSSR count). The number of aliphatic hydroxyl groups excluding tert-OH is 1. The van der Waals surface area contributed by atoms with Gasteiger partial charge < -0.3 is 5.11 Å². The standard InChI is InChI=1S/C13H16O/c14-10-11-6-8-13(9-7-11)12-4-2-1-3-5-12/h1-6,13-14H,7-10H2. The molecule has 1 nitrogen and oxygen atoms in total. The second-order valence-corrected chi connectivity index (χ2v) is 3.90. The molecule has 0 aliphatic heterocycles. The van der Waals surface area contributed by atoms with Crippen LogP contribution in [0.2, 0.25) is 0 Å². The lowest BCUT2D eigenvalue weighted by molar-refractivity contribution is 0.321. The number of hydrogen-bond acceptors (Lipinski definition) is 1. The third-order valence-electron chi connectivity index (χ3n) is 2.98. The van der Waals surface area contributed by atoms with Crippen LogP contribution in [0.1, 0.15) is 30.7 Å². The zero-order valence-electron chi connectivity index (χ0n) is 8.32. The van der Waals surface area contributed by atoms with Crippen molar-refractivity contribution in [2.45, 2.75) is 25.2 Å². The van der Waals surface area contributed by atoms with Crippen molar-refractivity contribution in [2.24, 2.45) is 0 Å². The van der Waals surface area contributed by atoms with Crippen LogP contribution in [0.3, 0.4) is 0 Å². The Bertz CT molecular complexity index is 313. The maximum atomic E-state index is 8.98. The van der Waals surface area contributed by atoms with Crippen LogP contribution in [0.4, 0.5) is 0 Å². The summed E-state index contributed by atoms with van der Waals surface area (Å²) in [6.07, 6.45) is 5.51. The number of aliphatic hydroxyl groups is 1. The van der Waals surface area contributed by atoms with Crippen LogP contribution in [-0.2, 0) is 0 Å². The first kappa shape index (κ1) is 9.47. The predicted octanol–water partition coefficient (Wildman–Crippen LogP) is 2.87. The first-order chi connectivity index (χ1) is 6.90. The molecule has 74 valence electrons. The van der Waals surface area contributed by atoms with Gasteiger partial charge in [-0.1, -0.05) is 36.4 Å². The molecular formula is C13H16O. The van der Waals surface area contributed by atoms with Crippen molar-refractivity contribution in [2.75, 3.05) is 6.61 Å². The lowest BCUT2D eigenvalue weighted by atomic mass is 9.85. The van der Waals surface area contributed by atoms with Gasteiger partial charge in [0.15, 0.2) is 0 Å². The highest BCUT2D eigenvalue weighted by atomic mass is 16.3. The molecule has 0 spiro atoms. The molecule has 1 N–H and O–H groups in total. The Morgan fingerprint density at radius 3 is 2.57 bits per heavy atom. The van der Waals surface area contributed by atoms with Gasteiger partial charge in [0.05, 0.1) is 6.61 Å². The van der Waals surface area contributed by atoms with Gasteiger partial charge in [0.2, 0.25) is 0 Å². The molecule has 0 saturated carbocycles. The van der Waals surface area contributed by atoms with Gasteiger partial charge in [0, 0.05) is 0 Å². The maximum Gasteiger partial charge on any atom is 0.0641 e. The van der Waals surface area contributed by atoms with Gasteiger partial charge in [-0.15, -0.1) is 0 Å². The molecule has 14 heavy (non-hydrogen) atoms. The van der Waals surface area contributed by atoms with Crippen LogP contribution < -0.4 is 0 Å². The number of benzene rings is 1. The summed E-state index contributed by atoms with van der Waals surface area (Å²) >= 11 is 0. The molecule has 1 aliphatic rings. The van der Waals surface area contributed by atoms with Crippen LogP contribution in [-0.4, -0.2) is 11.7 Å². The molecule has 0 fully saturated rings. The van der Waals surface area contributed by atoms with E-state index in [2.05, 4.69) is 36.4 Å². The Balaban J connectivity index is 2.06. The van der Waals surface area contributed by atoms with E-state index in [1.165, 1.54) is 17.6 Å². The van der Waals surface area contributed by atoms with Crippen molar-refractivity contribution in [3.05, 3.63) is 47.5 Å². The Hall–Kier alpha value is -1.08. The van der Waals surface area contributed by atoms with Crippen molar-refractivity contribution in [1.29, 1.82) is 0 Å². The maximum absolute atomic E-state index is 8.98. The van der Waals surface area contributed by atoms with E-state index in [-0.39, 0.29) is 6.61 Å². The molecule has 1 aromatic rings. The van der Waals surface area contributed by atoms with Gasteiger partial charge in [-0.05, 0) is 36.3 Å². The minimum atomic E-state index is 0.238. The molecule has 1 aliphatic carbocycles. The van der Waals surface area contributed by atoms with E-state index >= 15 is 0 Å². The van der Waals surface area contributed by atoms with Gasteiger partial charge >= 0.3 is 0 Å². The van der Waals surface area contributed by atoms with Crippen LogP contribution in [0, 0.1) is 0 Å². The molecule has 1 unspecified atom stereocenters. The summed E-state index contributed by atoms with van der Waals surface area (Å²) in [5.41, 5.74) is 2.64. The monoisotopic (exact) mass is 188 g/mol. The third-order valence-corrected chi connectivity index (χ3v) is 2.98. The van der Waals surface area contributed by atoms with Gasteiger partial charge in [-0.25, -0.2) is 0 Å². The van der Waals surface area contributed by atoms with Crippen molar-refractivity contribution in [3.63, 3.8) is 0 Å². The Labute approximate surface area is 85.1 Å². The second-order valence-electron chi connectivity index (χ2n) is 3.90. The topological polar surface area (TPSA) is 20.2 Å². The van der Waals surface area contributed by atoms with Crippen molar-refractivity contribution in [1.82, 2.24) is 0 Å². The number of allylic oxidation sites excluding steroid dienone is 1. The minimum absolute atomic E-state index is 0.238. The largest absolute Gasteiger partial charge is 0.392 e. The molecule has 1 atom stereocenters. The lowest BCUT2D eigenvalue weighted by Gasteiger charge is -2.21. The number of rotatable bonds is 2. The quantitative estimate of drug-likeness (QED) is 0.707. The van der Waals surface area contributed by atoms with E-state index in [4.69, 9.17) is 5.11 Å². The molecule has 0 saturated heterocycles. The highest BCUT2D eigenvalue weighted by Crippen LogP contribution is 2.31. The van der Waals surface area contributed by atoms with E-state index in [1.807, 2.05) is 0 Å². The van der Waals surface area contributed by atoms with Crippen LogP contribution in [0.25, 0.3) is 0 Å². The molecule has 1 aromatic carbocycles. The molecule has 0 heterocycles. The van der Waals surface area contributed by atoms with Gasteiger partial charge in [-0.2, -0.15) is 0 Å². The first-order valence-electron chi connectivity index (χ1n) is 5.24. The van der Waals surface area contributed by atoms with E-state index in [0.717, 1.165) is 12.8 Å². The van der Waals surface area contributed by atoms with E-state index in [1.54, 1.807) is 0 Å². The summed E-state index contributed by atoms with van der Waals surface area (Å²) in [6, 6.07) is 10.6. The zero-order chi connectivity index (χ0) is 9.80. The minimum Gasteiger partial charge on any atom is -0.392 e. The Morgan fingerprint density at radius 2 is 2.00 bits per heavy atom. The molecule has 0 radical (unpaired) electrons. The second kappa shape index (κ2) is 4.43. The summed E-state index contributed by atoms with van der Waals surface area (Å²) in [5, 5.41) is 8.98. The third kappa shape index (κ3) is 2.05. The molecule has 0 amide bonds. The van der Waals surface area contributed by atoms with Crippen LogP contribution >= 0.6 is 0 Å². The smallest absolute Gasteiger partial charge is 0.0641 e. The van der Waals surface area contributed by atoms with Crippen molar-refractivity contribution < 1.29 is 5.11 Å². The lowest BCUT2D eigenvalue weighted by Crippen LogP contribution is -2.05. The fourth-order valence-electron chi connectivity index (χ4n) is 2.06. The summed E-state index contributed by atoms with van der Waals surface area (Å²) in [6.45, 7) is 0.238. The van der Waals surface area contributed by atoms with Crippen molar-refractivity contribution >= 4 is 0 Å². The van der Waals surface area contributed by atoms with Gasteiger partial charge in [0.1, 0.15) is 0 Å². The van der Waals surface area contributed by atoms with Gasteiger partial charge in [-0.3, -0.25) is 0 Å². The number of hydrogen-bond donors (Lipinski definition) is 1. The fraction of sp³-hybridized carbons (Fsp3) is 0.385. The zero-order valence-corrected chi connectivity index (χ0v) is 8.32. The average Bonchev–Trinajstić information content (AvgIpc) is 2.30.